The second kappa shape index (κ2) is 7.57. The molecule has 0 unspecified atom stereocenters. The zero-order valence-electron chi connectivity index (χ0n) is 15.8. The Morgan fingerprint density at radius 2 is 2.08 bits per heavy atom. The summed E-state index contributed by atoms with van der Waals surface area (Å²) >= 11 is 0. The first-order valence-electron chi connectivity index (χ1n) is 9.99. The first kappa shape index (κ1) is 17.8. The van der Waals surface area contributed by atoms with Crippen LogP contribution in [0.5, 0.6) is 5.75 Å². The molecule has 1 aromatic carbocycles. The van der Waals surface area contributed by atoms with Gasteiger partial charge in [-0.25, -0.2) is 0 Å². The summed E-state index contributed by atoms with van der Waals surface area (Å²) in [6.07, 6.45) is 5.80. The minimum Gasteiger partial charge on any atom is -0.484 e. The molecule has 26 heavy (non-hydrogen) atoms. The van der Waals surface area contributed by atoms with E-state index in [9.17, 15) is 4.79 Å². The van der Waals surface area contributed by atoms with Gasteiger partial charge < -0.3 is 19.3 Å². The molecule has 1 spiro atoms. The topological polar surface area (TPSA) is 42.0 Å². The predicted molar refractivity (Wildman–Crippen MR) is 100 cm³/mol. The highest BCUT2D eigenvalue weighted by molar-refractivity contribution is 5.78. The van der Waals surface area contributed by atoms with Gasteiger partial charge in [0.05, 0.1) is 5.60 Å². The summed E-state index contributed by atoms with van der Waals surface area (Å²) in [4.78, 5) is 17.2. The van der Waals surface area contributed by atoms with Crippen LogP contribution in [0.4, 0.5) is 0 Å². The Balaban J connectivity index is 1.32. The number of para-hydroxylation sites is 1. The number of aryl methyl sites for hydroxylation is 1. The Kier molecular flexibility index (Phi) is 5.18. The van der Waals surface area contributed by atoms with E-state index < -0.39 is 0 Å². The minimum atomic E-state index is -0.135. The molecule has 0 aromatic heterocycles. The molecule has 142 valence electrons. The SMILES string of the molecule is Cc1ccccc1OCC(=O)N1CC[C@]2(C[C@H](N3CCCC3)CCO2)C1. The van der Waals surface area contributed by atoms with Crippen LogP contribution < -0.4 is 4.74 Å². The van der Waals surface area contributed by atoms with Gasteiger partial charge in [0.2, 0.25) is 0 Å². The van der Waals surface area contributed by atoms with E-state index >= 15 is 0 Å². The summed E-state index contributed by atoms with van der Waals surface area (Å²) in [5.74, 6) is 0.856. The van der Waals surface area contributed by atoms with Crippen molar-refractivity contribution in [1.29, 1.82) is 0 Å². The van der Waals surface area contributed by atoms with Gasteiger partial charge in [-0.1, -0.05) is 18.2 Å². The van der Waals surface area contributed by atoms with Crippen LogP contribution in [-0.4, -0.2) is 66.7 Å². The average Bonchev–Trinajstić information content (AvgIpc) is 3.32. The summed E-state index contributed by atoms with van der Waals surface area (Å²) in [5.41, 5.74) is 0.923. The van der Waals surface area contributed by atoms with Crippen LogP contribution in [0.25, 0.3) is 0 Å². The van der Waals surface area contributed by atoms with Crippen molar-refractivity contribution in [1.82, 2.24) is 9.80 Å². The van der Waals surface area contributed by atoms with Gasteiger partial charge in [-0.05, 0) is 63.7 Å². The van der Waals surface area contributed by atoms with Crippen molar-refractivity contribution in [3.63, 3.8) is 0 Å². The van der Waals surface area contributed by atoms with Gasteiger partial charge in [0, 0.05) is 25.7 Å². The van der Waals surface area contributed by atoms with Crippen molar-refractivity contribution in [3.05, 3.63) is 29.8 Å². The Bertz CT molecular complexity index is 644. The zero-order chi connectivity index (χ0) is 18.0. The molecule has 3 aliphatic rings. The van der Waals surface area contributed by atoms with Gasteiger partial charge in [0.15, 0.2) is 6.61 Å². The third-order valence-electron chi connectivity index (χ3n) is 6.24. The molecule has 0 N–H and O–H groups in total. The molecule has 3 fully saturated rings. The lowest BCUT2D eigenvalue weighted by Gasteiger charge is -2.41. The number of rotatable bonds is 4. The first-order valence-corrected chi connectivity index (χ1v) is 9.99. The summed E-state index contributed by atoms with van der Waals surface area (Å²) < 4.78 is 12.0. The highest BCUT2D eigenvalue weighted by atomic mass is 16.5. The van der Waals surface area contributed by atoms with E-state index in [4.69, 9.17) is 9.47 Å². The maximum absolute atomic E-state index is 12.6. The highest BCUT2D eigenvalue weighted by Gasteiger charge is 2.45. The van der Waals surface area contributed by atoms with Gasteiger partial charge >= 0.3 is 0 Å². The average molecular weight is 358 g/mol. The molecular weight excluding hydrogens is 328 g/mol. The number of benzene rings is 1. The molecule has 0 radical (unpaired) electrons. The van der Waals surface area contributed by atoms with Crippen LogP contribution in [0.3, 0.4) is 0 Å². The number of carbonyl (C=O) groups is 1. The molecule has 2 atom stereocenters. The van der Waals surface area contributed by atoms with Crippen molar-refractivity contribution in [3.8, 4) is 5.75 Å². The molecule has 3 saturated heterocycles. The van der Waals surface area contributed by atoms with Gasteiger partial charge in [-0.3, -0.25) is 4.79 Å². The second-order valence-corrected chi connectivity index (χ2v) is 8.04. The van der Waals surface area contributed by atoms with Gasteiger partial charge in [0.25, 0.3) is 5.91 Å². The van der Waals surface area contributed by atoms with Crippen LogP contribution in [0.2, 0.25) is 0 Å². The predicted octanol–water partition coefficient (Wildman–Crippen LogP) is 2.62. The number of amides is 1. The number of nitrogens with zero attached hydrogens (tertiary/aromatic N) is 2. The summed E-state index contributed by atoms with van der Waals surface area (Å²) in [7, 11) is 0. The molecule has 0 aliphatic carbocycles. The highest BCUT2D eigenvalue weighted by Crippen LogP contribution is 2.37. The van der Waals surface area contributed by atoms with E-state index in [0.717, 1.165) is 43.7 Å². The lowest BCUT2D eigenvalue weighted by Crippen LogP contribution is -2.50. The Labute approximate surface area is 156 Å². The van der Waals surface area contributed by atoms with Crippen molar-refractivity contribution in [2.45, 2.75) is 50.7 Å². The van der Waals surface area contributed by atoms with E-state index in [1.807, 2.05) is 36.1 Å². The van der Waals surface area contributed by atoms with Crippen LogP contribution in [0.15, 0.2) is 24.3 Å². The quantitative estimate of drug-likeness (QED) is 0.830. The van der Waals surface area contributed by atoms with E-state index in [-0.39, 0.29) is 18.1 Å². The third kappa shape index (κ3) is 3.74. The van der Waals surface area contributed by atoms with Crippen molar-refractivity contribution < 1.29 is 14.3 Å². The molecule has 3 heterocycles. The fourth-order valence-electron chi connectivity index (χ4n) is 4.71. The standard InChI is InChI=1S/C21H30N2O3/c1-17-6-2-3-7-19(17)25-15-20(24)23-12-9-21(16-23)14-18(8-13-26-21)22-10-4-5-11-22/h2-3,6-7,18H,4-5,8-16H2,1H3/t18-,21+/m1/s1. The van der Waals surface area contributed by atoms with Gasteiger partial charge in [0.1, 0.15) is 5.75 Å². The van der Waals surface area contributed by atoms with E-state index in [1.54, 1.807) is 0 Å². The van der Waals surface area contributed by atoms with Crippen molar-refractivity contribution in [2.75, 3.05) is 39.4 Å². The van der Waals surface area contributed by atoms with Crippen LogP contribution in [0.1, 0.15) is 37.7 Å². The molecule has 1 amide bonds. The molecule has 5 nitrogen and oxygen atoms in total. The molecule has 1 aromatic rings. The number of hydrogen-bond donors (Lipinski definition) is 0. The smallest absolute Gasteiger partial charge is 0.260 e. The van der Waals surface area contributed by atoms with Crippen LogP contribution in [0, 0.1) is 6.92 Å². The number of carbonyl (C=O) groups excluding carboxylic acids is 1. The van der Waals surface area contributed by atoms with Crippen LogP contribution >= 0.6 is 0 Å². The lowest BCUT2D eigenvalue weighted by atomic mass is 9.89. The Morgan fingerprint density at radius 3 is 2.88 bits per heavy atom. The Hall–Kier alpha value is -1.59. The van der Waals surface area contributed by atoms with E-state index in [0.29, 0.717) is 12.6 Å². The molecule has 3 aliphatic heterocycles. The minimum absolute atomic E-state index is 0.0667. The molecule has 0 bridgehead atoms. The lowest BCUT2D eigenvalue weighted by molar-refractivity contribution is -0.136. The number of likely N-dealkylation sites (tertiary alicyclic amines) is 2. The fraction of sp³-hybridized carbons (Fsp3) is 0.667. The normalized spacial score (nSPS) is 29.4. The maximum atomic E-state index is 12.6. The summed E-state index contributed by atoms with van der Waals surface area (Å²) in [6, 6.07) is 8.46. The first-order chi connectivity index (χ1) is 12.7. The number of ether oxygens (including phenoxy) is 2. The molecule has 5 heteroatoms. The summed E-state index contributed by atoms with van der Waals surface area (Å²) in [6.45, 7) is 6.88. The van der Waals surface area contributed by atoms with Crippen LogP contribution in [-0.2, 0) is 9.53 Å². The Morgan fingerprint density at radius 1 is 1.27 bits per heavy atom. The van der Waals surface area contributed by atoms with Crippen molar-refractivity contribution in [2.24, 2.45) is 0 Å². The fourth-order valence-corrected chi connectivity index (χ4v) is 4.71. The van der Waals surface area contributed by atoms with Crippen molar-refractivity contribution >= 4 is 5.91 Å². The second-order valence-electron chi connectivity index (χ2n) is 8.04. The zero-order valence-corrected chi connectivity index (χ0v) is 15.8. The largest absolute Gasteiger partial charge is 0.484 e. The van der Waals surface area contributed by atoms with E-state index in [1.165, 1.54) is 25.9 Å². The maximum Gasteiger partial charge on any atom is 0.260 e. The van der Waals surface area contributed by atoms with Gasteiger partial charge in [-0.15, -0.1) is 0 Å². The molecular formula is C21H30N2O3. The summed E-state index contributed by atoms with van der Waals surface area (Å²) in [5, 5.41) is 0. The molecule has 0 saturated carbocycles. The van der Waals surface area contributed by atoms with E-state index in [2.05, 4.69) is 4.90 Å². The monoisotopic (exact) mass is 358 g/mol. The third-order valence-corrected chi connectivity index (χ3v) is 6.24. The molecule has 4 rings (SSSR count). The van der Waals surface area contributed by atoms with Gasteiger partial charge in [-0.2, -0.15) is 0 Å². The number of hydrogen-bond acceptors (Lipinski definition) is 4.